The van der Waals surface area contributed by atoms with Crippen molar-refractivity contribution < 1.29 is 19.2 Å². The Bertz CT molecular complexity index is 703. The minimum Gasteiger partial charge on any atom is -0.462 e. The highest BCUT2D eigenvalue weighted by Gasteiger charge is 2.25. The Balaban J connectivity index is 1.81. The molecule has 0 spiro atoms. The number of ether oxygens (including phenoxy) is 1. The lowest BCUT2D eigenvalue weighted by atomic mass is 10.1. The van der Waals surface area contributed by atoms with Gasteiger partial charge in [0.2, 0.25) is 0 Å². The van der Waals surface area contributed by atoms with Gasteiger partial charge in [0.15, 0.2) is 6.54 Å². The number of esters is 1. The lowest BCUT2D eigenvalue weighted by Crippen LogP contribution is -3.11. The molecular formula is C17H21N2O3S2+. The summed E-state index contributed by atoms with van der Waals surface area (Å²) in [7, 11) is 0. The first-order chi connectivity index (χ1) is 11.7. The van der Waals surface area contributed by atoms with E-state index in [1.165, 1.54) is 29.1 Å². The Labute approximate surface area is 149 Å². The Morgan fingerprint density at radius 3 is 2.75 bits per heavy atom. The Hall–Kier alpha value is -1.70. The van der Waals surface area contributed by atoms with E-state index in [9.17, 15) is 9.59 Å². The number of nitrogens with one attached hydrogen (secondary N) is 2. The predicted octanol–water partition coefficient (Wildman–Crippen LogP) is 2.27. The molecule has 24 heavy (non-hydrogen) atoms. The van der Waals surface area contributed by atoms with E-state index in [0.29, 0.717) is 23.7 Å². The summed E-state index contributed by atoms with van der Waals surface area (Å²) >= 11 is 2.95. The fourth-order valence-corrected chi connectivity index (χ4v) is 4.71. The summed E-state index contributed by atoms with van der Waals surface area (Å²) in [6, 6.07) is 3.91. The number of thiophene rings is 2. The van der Waals surface area contributed by atoms with Crippen molar-refractivity contribution in [3.63, 3.8) is 0 Å². The number of anilines is 1. The molecule has 5 nitrogen and oxygen atoms in total. The van der Waals surface area contributed by atoms with E-state index in [-0.39, 0.29) is 11.9 Å². The lowest BCUT2D eigenvalue weighted by Gasteiger charge is -2.12. The summed E-state index contributed by atoms with van der Waals surface area (Å²) in [4.78, 5) is 27.0. The average Bonchev–Trinajstić information content (AvgIpc) is 3.28. The van der Waals surface area contributed by atoms with E-state index < -0.39 is 0 Å². The molecule has 0 saturated carbocycles. The van der Waals surface area contributed by atoms with Gasteiger partial charge >= 0.3 is 5.97 Å². The van der Waals surface area contributed by atoms with Crippen molar-refractivity contribution in [3.05, 3.63) is 28.5 Å². The third kappa shape index (κ3) is 3.85. The van der Waals surface area contributed by atoms with Crippen LogP contribution < -0.4 is 10.2 Å². The maximum absolute atomic E-state index is 12.4. The van der Waals surface area contributed by atoms with Crippen LogP contribution in [-0.2, 0) is 9.53 Å². The van der Waals surface area contributed by atoms with Crippen LogP contribution in [0.15, 0.2) is 22.9 Å². The smallest absolute Gasteiger partial charge is 0.341 e. The molecule has 1 amide bonds. The van der Waals surface area contributed by atoms with Gasteiger partial charge in [-0.05, 0) is 18.4 Å². The molecule has 7 heteroatoms. The minimum atomic E-state index is -0.383. The summed E-state index contributed by atoms with van der Waals surface area (Å²) in [5.74, 6) is -0.428. The van der Waals surface area contributed by atoms with Crippen LogP contribution in [0.4, 0.5) is 5.00 Å². The third-order valence-corrected chi connectivity index (χ3v) is 5.83. The van der Waals surface area contributed by atoms with Crippen molar-refractivity contribution in [1.82, 2.24) is 0 Å². The van der Waals surface area contributed by atoms with Gasteiger partial charge in [-0.25, -0.2) is 4.79 Å². The highest BCUT2D eigenvalue weighted by Crippen LogP contribution is 2.38. The summed E-state index contributed by atoms with van der Waals surface area (Å²) in [6.07, 6.45) is 2.36. The maximum atomic E-state index is 12.4. The highest BCUT2D eigenvalue weighted by molar-refractivity contribution is 7.17. The molecule has 2 aromatic heterocycles. The zero-order chi connectivity index (χ0) is 16.9. The van der Waals surface area contributed by atoms with Crippen molar-refractivity contribution in [2.45, 2.75) is 19.8 Å². The second kappa shape index (κ2) is 7.92. The van der Waals surface area contributed by atoms with Gasteiger partial charge in [0.1, 0.15) is 10.6 Å². The molecule has 0 aromatic carbocycles. The summed E-state index contributed by atoms with van der Waals surface area (Å²) in [5.41, 5.74) is 1.30. The van der Waals surface area contributed by atoms with Gasteiger partial charge in [-0.2, -0.15) is 0 Å². The normalized spacial score (nSPS) is 14.7. The van der Waals surface area contributed by atoms with Crippen LogP contribution in [0, 0.1) is 0 Å². The van der Waals surface area contributed by atoms with Crippen LogP contribution >= 0.6 is 22.7 Å². The van der Waals surface area contributed by atoms with Crippen LogP contribution in [0.2, 0.25) is 0 Å². The minimum absolute atomic E-state index is 0.0444. The van der Waals surface area contributed by atoms with Gasteiger partial charge in [-0.1, -0.05) is 6.07 Å². The molecule has 1 aliphatic heterocycles. The number of quaternary nitrogens is 1. The number of hydrogen-bond donors (Lipinski definition) is 2. The average molecular weight is 366 g/mol. The van der Waals surface area contributed by atoms with E-state index in [0.717, 1.165) is 23.5 Å². The van der Waals surface area contributed by atoms with E-state index >= 15 is 0 Å². The van der Waals surface area contributed by atoms with Gasteiger partial charge in [-0.3, -0.25) is 4.79 Å². The van der Waals surface area contributed by atoms with E-state index in [4.69, 9.17) is 4.74 Å². The third-order valence-electron chi connectivity index (χ3n) is 4.03. The number of carbonyl (C=O) groups excluding carboxylic acids is 2. The van der Waals surface area contributed by atoms with Gasteiger partial charge in [0.25, 0.3) is 5.91 Å². The van der Waals surface area contributed by atoms with E-state index in [1.807, 2.05) is 22.9 Å². The van der Waals surface area contributed by atoms with Crippen LogP contribution in [0.3, 0.4) is 0 Å². The molecule has 0 radical (unpaired) electrons. The first-order valence-corrected chi connectivity index (χ1v) is 9.91. The number of hydrogen-bond acceptors (Lipinski definition) is 5. The molecule has 0 bridgehead atoms. The van der Waals surface area contributed by atoms with Gasteiger partial charge in [0, 0.05) is 28.7 Å². The van der Waals surface area contributed by atoms with Crippen molar-refractivity contribution >= 4 is 39.6 Å². The molecule has 1 saturated heterocycles. The second-order valence-corrected chi connectivity index (χ2v) is 7.56. The second-order valence-electron chi connectivity index (χ2n) is 5.73. The Morgan fingerprint density at radius 1 is 1.29 bits per heavy atom. The molecule has 128 valence electrons. The van der Waals surface area contributed by atoms with Crippen LogP contribution in [0.25, 0.3) is 10.4 Å². The molecule has 3 heterocycles. The van der Waals surface area contributed by atoms with Gasteiger partial charge < -0.3 is 15.0 Å². The zero-order valence-corrected chi connectivity index (χ0v) is 15.2. The summed E-state index contributed by atoms with van der Waals surface area (Å²) < 4.78 is 5.20. The van der Waals surface area contributed by atoms with Crippen molar-refractivity contribution in [3.8, 4) is 10.4 Å². The standard InChI is InChI=1S/C17H20N2O3S2/c1-2-22-17(21)15-12(13-6-5-9-23-13)11-24-16(15)18-14(20)10-19-7-3-4-8-19/h5-6,9,11H,2-4,7-8,10H2,1H3,(H,18,20)/p+1. The first kappa shape index (κ1) is 17.1. The molecule has 0 unspecified atom stereocenters. The lowest BCUT2D eigenvalue weighted by molar-refractivity contribution is -0.878. The first-order valence-electron chi connectivity index (χ1n) is 8.15. The number of carbonyl (C=O) groups is 2. The molecule has 1 aliphatic rings. The van der Waals surface area contributed by atoms with Crippen LogP contribution in [-0.4, -0.2) is 38.1 Å². The molecule has 0 aliphatic carbocycles. The highest BCUT2D eigenvalue weighted by atomic mass is 32.1. The quantitative estimate of drug-likeness (QED) is 0.772. The molecular weight excluding hydrogens is 344 g/mol. The zero-order valence-electron chi connectivity index (χ0n) is 13.6. The predicted molar refractivity (Wildman–Crippen MR) is 97.0 cm³/mol. The van der Waals surface area contributed by atoms with Crippen molar-refractivity contribution in [1.29, 1.82) is 0 Å². The Kier molecular flexibility index (Phi) is 5.65. The van der Waals surface area contributed by atoms with Crippen LogP contribution in [0.5, 0.6) is 0 Å². The molecule has 0 atom stereocenters. The largest absolute Gasteiger partial charge is 0.462 e. The topological polar surface area (TPSA) is 59.8 Å². The van der Waals surface area contributed by atoms with Gasteiger partial charge in [0.05, 0.1) is 19.7 Å². The fraction of sp³-hybridized carbons (Fsp3) is 0.412. The van der Waals surface area contributed by atoms with Crippen LogP contribution in [0.1, 0.15) is 30.1 Å². The number of likely N-dealkylation sites (tertiary alicyclic amines) is 1. The Morgan fingerprint density at radius 2 is 2.08 bits per heavy atom. The summed E-state index contributed by atoms with van der Waals surface area (Å²) in [6.45, 7) is 4.63. The summed E-state index contributed by atoms with van der Waals surface area (Å²) in [5, 5.41) is 7.39. The van der Waals surface area contributed by atoms with Crippen molar-refractivity contribution in [2.75, 3.05) is 31.6 Å². The molecule has 2 aromatic rings. The molecule has 3 rings (SSSR count). The van der Waals surface area contributed by atoms with E-state index in [2.05, 4.69) is 5.32 Å². The molecule has 1 fully saturated rings. The number of amides is 1. The SMILES string of the molecule is CCOC(=O)c1c(-c2cccs2)csc1NC(=O)C[NH+]1CCCC1. The fourth-order valence-electron chi connectivity index (χ4n) is 2.92. The molecule has 2 N–H and O–H groups in total. The van der Waals surface area contributed by atoms with Gasteiger partial charge in [-0.15, -0.1) is 22.7 Å². The maximum Gasteiger partial charge on any atom is 0.341 e. The number of rotatable bonds is 6. The monoisotopic (exact) mass is 365 g/mol. The van der Waals surface area contributed by atoms with E-state index in [1.54, 1.807) is 18.3 Å². The van der Waals surface area contributed by atoms with Crippen molar-refractivity contribution in [2.24, 2.45) is 0 Å².